The van der Waals surface area contributed by atoms with Crippen molar-refractivity contribution < 1.29 is 9.53 Å². The Balaban J connectivity index is 1.83. The van der Waals surface area contributed by atoms with E-state index in [1.165, 1.54) is 0 Å². The van der Waals surface area contributed by atoms with E-state index in [4.69, 9.17) is 4.74 Å². The smallest absolute Gasteiger partial charge is 0.157 e. The number of ether oxygens (including phenoxy) is 1. The Bertz CT molecular complexity index is 229. The molecule has 3 heteroatoms. The van der Waals surface area contributed by atoms with Crippen LogP contribution in [0.3, 0.4) is 0 Å². The first-order valence-corrected chi connectivity index (χ1v) is 4.92. The summed E-state index contributed by atoms with van der Waals surface area (Å²) in [5.74, 6) is 0.249. The van der Waals surface area contributed by atoms with Crippen LogP contribution in [0.15, 0.2) is 11.8 Å². The molecule has 3 nitrogen and oxygen atoms in total. The molecule has 1 fully saturated rings. The first-order chi connectivity index (χ1) is 6.34. The zero-order valence-electron chi connectivity index (χ0n) is 7.71. The number of carbonyl (C=O) groups is 1. The van der Waals surface area contributed by atoms with E-state index in [9.17, 15) is 4.79 Å². The minimum Gasteiger partial charge on any atom is -0.383 e. The van der Waals surface area contributed by atoms with Gasteiger partial charge >= 0.3 is 0 Å². The molecule has 0 radical (unpaired) electrons. The van der Waals surface area contributed by atoms with E-state index in [-0.39, 0.29) is 5.78 Å². The van der Waals surface area contributed by atoms with Crippen LogP contribution in [-0.2, 0) is 9.53 Å². The van der Waals surface area contributed by atoms with Gasteiger partial charge in [0.25, 0.3) is 0 Å². The second kappa shape index (κ2) is 3.92. The van der Waals surface area contributed by atoms with E-state index in [0.29, 0.717) is 12.5 Å². The normalized spacial score (nSPS) is 28.8. The van der Waals surface area contributed by atoms with Crippen molar-refractivity contribution in [1.29, 1.82) is 0 Å². The predicted octanol–water partition coefficient (Wildman–Crippen LogP) is 1.00. The van der Waals surface area contributed by atoms with Gasteiger partial charge in [-0.25, -0.2) is 0 Å². The van der Waals surface area contributed by atoms with Crippen molar-refractivity contribution in [1.82, 2.24) is 5.32 Å². The van der Waals surface area contributed by atoms with Gasteiger partial charge in [-0.05, 0) is 19.3 Å². The highest BCUT2D eigenvalue weighted by Gasteiger charge is 2.17. The van der Waals surface area contributed by atoms with E-state index >= 15 is 0 Å². The maximum Gasteiger partial charge on any atom is 0.157 e. The zero-order chi connectivity index (χ0) is 9.10. The molecule has 1 atom stereocenters. The van der Waals surface area contributed by atoms with Crippen LogP contribution in [0.2, 0.25) is 0 Å². The van der Waals surface area contributed by atoms with Gasteiger partial charge in [0.05, 0.1) is 6.61 Å². The number of ketones is 1. The highest BCUT2D eigenvalue weighted by Crippen LogP contribution is 2.15. The molecule has 1 saturated heterocycles. The molecule has 0 saturated carbocycles. The number of nitrogens with one attached hydrogen (secondary N) is 1. The predicted molar refractivity (Wildman–Crippen MR) is 49.3 cm³/mol. The first kappa shape index (κ1) is 8.75. The van der Waals surface area contributed by atoms with E-state index in [0.717, 1.165) is 38.2 Å². The van der Waals surface area contributed by atoms with E-state index in [2.05, 4.69) is 5.32 Å². The topological polar surface area (TPSA) is 38.3 Å². The molecule has 13 heavy (non-hydrogen) atoms. The van der Waals surface area contributed by atoms with Gasteiger partial charge in [-0.2, -0.15) is 0 Å². The monoisotopic (exact) mass is 181 g/mol. The molecule has 0 spiro atoms. The van der Waals surface area contributed by atoms with Crippen molar-refractivity contribution in [3.8, 4) is 0 Å². The van der Waals surface area contributed by atoms with Crippen LogP contribution >= 0.6 is 0 Å². The van der Waals surface area contributed by atoms with Gasteiger partial charge in [0.1, 0.15) is 0 Å². The third-order valence-electron chi connectivity index (χ3n) is 2.53. The molecule has 0 bridgehead atoms. The van der Waals surface area contributed by atoms with E-state index < -0.39 is 0 Å². The average molecular weight is 181 g/mol. The molecule has 1 heterocycles. The molecule has 0 aromatic rings. The van der Waals surface area contributed by atoms with Gasteiger partial charge in [-0.15, -0.1) is 0 Å². The Kier molecular flexibility index (Phi) is 2.64. The van der Waals surface area contributed by atoms with Crippen LogP contribution in [0.25, 0.3) is 0 Å². The lowest BCUT2D eigenvalue weighted by molar-refractivity contribution is -0.114. The molecule has 1 N–H and O–H groups in total. The fourth-order valence-electron chi connectivity index (χ4n) is 1.83. The molecular formula is C10H15NO2. The quantitative estimate of drug-likeness (QED) is 0.690. The van der Waals surface area contributed by atoms with Crippen molar-refractivity contribution in [2.24, 2.45) is 0 Å². The lowest BCUT2D eigenvalue weighted by atomic mass is 10.1. The van der Waals surface area contributed by atoms with Crippen LogP contribution in [0.5, 0.6) is 0 Å². The number of rotatable bonds is 2. The molecule has 1 aliphatic carbocycles. The Morgan fingerprint density at radius 1 is 1.46 bits per heavy atom. The van der Waals surface area contributed by atoms with Gasteiger partial charge in [-0.3, -0.25) is 4.79 Å². The van der Waals surface area contributed by atoms with E-state index in [1.54, 1.807) is 6.08 Å². The van der Waals surface area contributed by atoms with E-state index in [1.807, 2.05) is 0 Å². The second-order valence-electron chi connectivity index (χ2n) is 3.69. The SMILES string of the molecule is O=C1C=C(NC2CCCOC2)CC1. The molecule has 0 aromatic heterocycles. The summed E-state index contributed by atoms with van der Waals surface area (Å²) < 4.78 is 5.34. The molecule has 2 aliphatic rings. The van der Waals surface area contributed by atoms with Gasteiger partial charge in [0.2, 0.25) is 0 Å². The third kappa shape index (κ3) is 2.31. The fourth-order valence-corrected chi connectivity index (χ4v) is 1.83. The standard InChI is InChI=1S/C10H15NO2/c12-10-4-3-8(6-10)11-9-2-1-5-13-7-9/h6,9,11H,1-5,7H2. The van der Waals surface area contributed by atoms with Crippen LogP contribution in [0.1, 0.15) is 25.7 Å². The maximum atomic E-state index is 10.9. The Morgan fingerprint density at radius 2 is 2.38 bits per heavy atom. The molecular weight excluding hydrogens is 166 g/mol. The largest absolute Gasteiger partial charge is 0.383 e. The number of hydrogen-bond donors (Lipinski definition) is 1. The van der Waals surface area contributed by atoms with Crippen molar-refractivity contribution >= 4 is 5.78 Å². The van der Waals surface area contributed by atoms with Crippen LogP contribution in [-0.4, -0.2) is 25.0 Å². The maximum absolute atomic E-state index is 10.9. The second-order valence-corrected chi connectivity index (χ2v) is 3.69. The minimum absolute atomic E-state index is 0.249. The summed E-state index contributed by atoms with van der Waals surface area (Å²) in [7, 11) is 0. The van der Waals surface area contributed by atoms with Crippen LogP contribution in [0, 0.1) is 0 Å². The number of hydrogen-bond acceptors (Lipinski definition) is 3. The Hall–Kier alpha value is -0.830. The summed E-state index contributed by atoms with van der Waals surface area (Å²) in [6, 6.07) is 0.422. The van der Waals surface area contributed by atoms with Crippen molar-refractivity contribution in [3.63, 3.8) is 0 Å². The van der Waals surface area contributed by atoms with Gasteiger partial charge < -0.3 is 10.1 Å². The minimum atomic E-state index is 0.249. The van der Waals surface area contributed by atoms with Crippen molar-refractivity contribution in [3.05, 3.63) is 11.8 Å². The molecule has 1 unspecified atom stereocenters. The molecule has 0 amide bonds. The third-order valence-corrected chi connectivity index (χ3v) is 2.53. The first-order valence-electron chi connectivity index (χ1n) is 4.92. The summed E-state index contributed by atoms with van der Waals surface area (Å²) in [4.78, 5) is 10.9. The highest BCUT2D eigenvalue weighted by molar-refractivity contribution is 5.92. The summed E-state index contributed by atoms with van der Waals surface area (Å²) in [5.41, 5.74) is 1.10. The Labute approximate surface area is 78.1 Å². The molecule has 1 aliphatic heterocycles. The van der Waals surface area contributed by atoms with Gasteiger partial charge in [0.15, 0.2) is 5.78 Å². The zero-order valence-corrected chi connectivity index (χ0v) is 7.71. The van der Waals surface area contributed by atoms with Crippen LogP contribution in [0.4, 0.5) is 0 Å². The number of allylic oxidation sites excluding steroid dienone is 2. The van der Waals surface area contributed by atoms with Gasteiger partial charge in [-0.1, -0.05) is 0 Å². The van der Waals surface area contributed by atoms with Crippen LogP contribution < -0.4 is 5.32 Å². The average Bonchev–Trinajstić information content (AvgIpc) is 2.53. The summed E-state index contributed by atoms with van der Waals surface area (Å²) >= 11 is 0. The summed E-state index contributed by atoms with van der Waals surface area (Å²) in [6.07, 6.45) is 5.57. The Morgan fingerprint density at radius 3 is 3.00 bits per heavy atom. The lowest BCUT2D eigenvalue weighted by Crippen LogP contribution is -2.35. The summed E-state index contributed by atoms with van der Waals surface area (Å²) in [5, 5.41) is 3.36. The number of carbonyl (C=O) groups excluding carboxylic acids is 1. The summed E-state index contributed by atoms with van der Waals surface area (Å²) in [6.45, 7) is 1.67. The lowest BCUT2D eigenvalue weighted by Gasteiger charge is -2.24. The molecule has 72 valence electrons. The fraction of sp³-hybridized carbons (Fsp3) is 0.700. The molecule has 0 aromatic carbocycles. The highest BCUT2D eigenvalue weighted by atomic mass is 16.5. The van der Waals surface area contributed by atoms with Crippen molar-refractivity contribution in [2.75, 3.05) is 13.2 Å². The van der Waals surface area contributed by atoms with Gasteiger partial charge in [0, 0.05) is 30.8 Å². The van der Waals surface area contributed by atoms with Crippen molar-refractivity contribution in [2.45, 2.75) is 31.7 Å². The molecule has 2 rings (SSSR count).